The summed E-state index contributed by atoms with van der Waals surface area (Å²) in [4.78, 5) is 2.44. The first kappa shape index (κ1) is 16.1. The first-order valence-electron chi connectivity index (χ1n) is 7.75. The third kappa shape index (κ3) is 4.11. The number of hydrogen-bond donors (Lipinski definition) is 2. The molecular formula is C17H28N2O2. The lowest BCUT2D eigenvalue weighted by atomic mass is 9.85. The molecule has 1 aromatic rings. The second-order valence-electron chi connectivity index (χ2n) is 6.78. The summed E-state index contributed by atoms with van der Waals surface area (Å²) in [6.45, 7) is 11.8. The van der Waals surface area contributed by atoms with Gasteiger partial charge in [0.15, 0.2) is 11.5 Å². The highest BCUT2D eigenvalue weighted by molar-refractivity contribution is 5.50. The minimum absolute atomic E-state index is 0.0464. The van der Waals surface area contributed by atoms with Crippen molar-refractivity contribution in [1.29, 1.82) is 0 Å². The van der Waals surface area contributed by atoms with Gasteiger partial charge in [0.25, 0.3) is 0 Å². The lowest BCUT2D eigenvalue weighted by Crippen LogP contribution is -2.44. The average molecular weight is 292 g/mol. The number of phenols is 1. The summed E-state index contributed by atoms with van der Waals surface area (Å²) in [5, 5.41) is 13.7. The van der Waals surface area contributed by atoms with Crippen molar-refractivity contribution < 1.29 is 9.84 Å². The van der Waals surface area contributed by atoms with Crippen molar-refractivity contribution in [2.45, 2.75) is 32.6 Å². The standard InChI is InChI=1S/C17H28N2O2/c1-17(2,3)14-11-13(16(20)15(12-14)21-4)5-8-19-9-6-18-7-10-19/h11-12,18,20H,5-10H2,1-4H3. The van der Waals surface area contributed by atoms with Crippen molar-refractivity contribution in [3.05, 3.63) is 23.3 Å². The van der Waals surface area contributed by atoms with E-state index in [1.807, 2.05) is 6.07 Å². The Morgan fingerprint density at radius 2 is 1.90 bits per heavy atom. The van der Waals surface area contributed by atoms with Crippen LogP contribution in [0.15, 0.2) is 12.1 Å². The molecule has 0 aromatic heterocycles. The van der Waals surface area contributed by atoms with E-state index in [2.05, 4.69) is 37.1 Å². The number of aromatic hydroxyl groups is 1. The van der Waals surface area contributed by atoms with E-state index in [1.54, 1.807) is 7.11 Å². The van der Waals surface area contributed by atoms with Crippen molar-refractivity contribution in [1.82, 2.24) is 10.2 Å². The lowest BCUT2D eigenvalue weighted by molar-refractivity contribution is 0.243. The minimum atomic E-state index is 0.0464. The Bertz CT molecular complexity index is 474. The average Bonchev–Trinajstić information content (AvgIpc) is 2.46. The summed E-state index contributed by atoms with van der Waals surface area (Å²) in [5.74, 6) is 0.873. The van der Waals surface area contributed by atoms with Gasteiger partial charge in [-0.05, 0) is 29.0 Å². The predicted molar refractivity (Wildman–Crippen MR) is 86.4 cm³/mol. The molecule has 0 spiro atoms. The monoisotopic (exact) mass is 292 g/mol. The number of hydrogen-bond acceptors (Lipinski definition) is 4. The fourth-order valence-electron chi connectivity index (χ4n) is 2.66. The Labute approximate surface area is 128 Å². The Balaban J connectivity index is 2.16. The topological polar surface area (TPSA) is 44.7 Å². The molecule has 4 heteroatoms. The van der Waals surface area contributed by atoms with E-state index in [1.165, 1.54) is 5.56 Å². The number of nitrogens with one attached hydrogen (secondary N) is 1. The van der Waals surface area contributed by atoms with E-state index >= 15 is 0 Å². The van der Waals surface area contributed by atoms with Crippen LogP contribution in [0.3, 0.4) is 0 Å². The molecule has 2 N–H and O–H groups in total. The van der Waals surface area contributed by atoms with Gasteiger partial charge in [-0.15, -0.1) is 0 Å². The van der Waals surface area contributed by atoms with Crippen LogP contribution < -0.4 is 10.1 Å². The van der Waals surface area contributed by atoms with Gasteiger partial charge in [0.05, 0.1) is 7.11 Å². The van der Waals surface area contributed by atoms with Crippen LogP contribution >= 0.6 is 0 Å². The van der Waals surface area contributed by atoms with Crippen molar-refractivity contribution in [2.75, 3.05) is 39.8 Å². The fraction of sp³-hybridized carbons (Fsp3) is 0.647. The lowest BCUT2D eigenvalue weighted by Gasteiger charge is -2.27. The number of nitrogens with zero attached hydrogens (tertiary/aromatic N) is 1. The zero-order valence-corrected chi connectivity index (χ0v) is 13.7. The van der Waals surface area contributed by atoms with Crippen molar-refractivity contribution in [2.24, 2.45) is 0 Å². The molecule has 1 saturated heterocycles. The Kier molecular flexibility index (Phi) is 5.12. The molecule has 1 heterocycles. The molecule has 1 aliphatic rings. The van der Waals surface area contributed by atoms with Gasteiger partial charge in [0, 0.05) is 32.7 Å². The van der Waals surface area contributed by atoms with Crippen LogP contribution in [-0.4, -0.2) is 49.8 Å². The molecule has 0 saturated carbocycles. The van der Waals surface area contributed by atoms with E-state index in [-0.39, 0.29) is 5.41 Å². The summed E-state index contributed by atoms with van der Waals surface area (Å²) in [5.41, 5.74) is 2.23. The molecule has 1 aromatic carbocycles. The third-order valence-corrected chi connectivity index (χ3v) is 4.15. The third-order valence-electron chi connectivity index (χ3n) is 4.15. The van der Waals surface area contributed by atoms with Crippen LogP contribution in [0, 0.1) is 0 Å². The largest absolute Gasteiger partial charge is 0.504 e. The fourth-order valence-corrected chi connectivity index (χ4v) is 2.66. The summed E-state index contributed by atoms with van der Waals surface area (Å²) < 4.78 is 5.34. The quantitative estimate of drug-likeness (QED) is 0.892. The second-order valence-corrected chi connectivity index (χ2v) is 6.78. The summed E-state index contributed by atoms with van der Waals surface area (Å²) in [6, 6.07) is 4.07. The molecule has 0 unspecified atom stereocenters. The molecule has 21 heavy (non-hydrogen) atoms. The molecule has 0 aliphatic carbocycles. The van der Waals surface area contributed by atoms with Crippen LogP contribution in [0.5, 0.6) is 11.5 Å². The molecule has 118 valence electrons. The van der Waals surface area contributed by atoms with Gasteiger partial charge in [0.1, 0.15) is 0 Å². The molecule has 1 aliphatic heterocycles. The maximum Gasteiger partial charge on any atom is 0.161 e. The van der Waals surface area contributed by atoms with Gasteiger partial charge < -0.3 is 20.1 Å². The molecule has 0 amide bonds. The van der Waals surface area contributed by atoms with Crippen LogP contribution in [0.25, 0.3) is 0 Å². The Hall–Kier alpha value is -1.26. The molecule has 0 radical (unpaired) electrons. The SMILES string of the molecule is COc1cc(C(C)(C)C)cc(CCN2CCNCC2)c1O. The van der Waals surface area contributed by atoms with Gasteiger partial charge in [-0.3, -0.25) is 0 Å². The van der Waals surface area contributed by atoms with Gasteiger partial charge >= 0.3 is 0 Å². The molecule has 4 nitrogen and oxygen atoms in total. The highest BCUT2D eigenvalue weighted by atomic mass is 16.5. The molecule has 1 fully saturated rings. The summed E-state index contributed by atoms with van der Waals surface area (Å²) in [7, 11) is 1.61. The zero-order valence-electron chi connectivity index (χ0n) is 13.7. The predicted octanol–water partition coefficient (Wildman–Crippen LogP) is 2.15. The second kappa shape index (κ2) is 6.67. The number of rotatable bonds is 4. The molecule has 0 atom stereocenters. The van der Waals surface area contributed by atoms with Crippen LogP contribution in [-0.2, 0) is 11.8 Å². The number of piperazine rings is 1. The van der Waals surface area contributed by atoms with Gasteiger partial charge in [-0.1, -0.05) is 26.8 Å². The maximum atomic E-state index is 10.4. The van der Waals surface area contributed by atoms with E-state index in [0.717, 1.165) is 44.7 Å². The molecular weight excluding hydrogens is 264 g/mol. The van der Waals surface area contributed by atoms with E-state index in [9.17, 15) is 5.11 Å². The Morgan fingerprint density at radius 1 is 1.24 bits per heavy atom. The first-order chi connectivity index (χ1) is 9.91. The highest BCUT2D eigenvalue weighted by Crippen LogP contribution is 2.36. The number of ether oxygens (including phenoxy) is 1. The number of methoxy groups -OCH3 is 1. The smallest absolute Gasteiger partial charge is 0.161 e. The zero-order chi connectivity index (χ0) is 15.5. The number of benzene rings is 1. The van der Waals surface area contributed by atoms with Crippen molar-refractivity contribution in [3.8, 4) is 11.5 Å². The van der Waals surface area contributed by atoms with Crippen LogP contribution in [0.2, 0.25) is 0 Å². The summed E-state index contributed by atoms with van der Waals surface area (Å²) >= 11 is 0. The van der Waals surface area contributed by atoms with E-state index < -0.39 is 0 Å². The van der Waals surface area contributed by atoms with Crippen molar-refractivity contribution in [3.63, 3.8) is 0 Å². The normalized spacial score (nSPS) is 17.0. The number of phenolic OH excluding ortho intramolecular Hbond substituents is 1. The van der Waals surface area contributed by atoms with Crippen LogP contribution in [0.1, 0.15) is 31.9 Å². The Morgan fingerprint density at radius 3 is 2.48 bits per heavy atom. The van der Waals surface area contributed by atoms with Gasteiger partial charge in [0.2, 0.25) is 0 Å². The summed E-state index contributed by atoms with van der Waals surface area (Å²) in [6.07, 6.45) is 0.853. The molecule has 0 bridgehead atoms. The van der Waals surface area contributed by atoms with E-state index in [4.69, 9.17) is 4.74 Å². The van der Waals surface area contributed by atoms with Crippen LogP contribution in [0.4, 0.5) is 0 Å². The minimum Gasteiger partial charge on any atom is -0.504 e. The van der Waals surface area contributed by atoms with Gasteiger partial charge in [-0.2, -0.15) is 0 Å². The molecule has 2 rings (SSSR count). The highest BCUT2D eigenvalue weighted by Gasteiger charge is 2.19. The first-order valence-corrected chi connectivity index (χ1v) is 7.75. The maximum absolute atomic E-state index is 10.4. The van der Waals surface area contributed by atoms with E-state index in [0.29, 0.717) is 11.5 Å². The van der Waals surface area contributed by atoms with Crippen molar-refractivity contribution >= 4 is 0 Å². The van der Waals surface area contributed by atoms with Gasteiger partial charge in [-0.25, -0.2) is 0 Å².